The van der Waals surface area contributed by atoms with Gasteiger partial charge in [-0.05, 0) is 77.5 Å². The Morgan fingerprint density at radius 3 is 2.45 bits per heavy atom. The smallest absolute Gasteiger partial charge is 0.335 e. The Kier molecular flexibility index (Phi) is 7.03. The molecule has 1 amide bonds. The van der Waals surface area contributed by atoms with E-state index < -0.39 is 5.97 Å². The van der Waals surface area contributed by atoms with Crippen molar-refractivity contribution in [2.24, 2.45) is 4.99 Å². The van der Waals surface area contributed by atoms with E-state index in [2.05, 4.69) is 10.3 Å². The Labute approximate surface area is 203 Å². The Balaban J connectivity index is 1.42. The highest BCUT2D eigenvalue weighted by Crippen LogP contribution is 2.31. The summed E-state index contributed by atoms with van der Waals surface area (Å²) in [4.78, 5) is 28.1. The van der Waals surface area contributed by atoms with E-state index in [1.807, 2.05) is 0 Å². The molecule has 1 saturated heterocycles. The second kappa shape index (κ2) is 10.1. The van der Waals surface area contributed by atoms with E-state index in [1.165, 1.54) is 23.9 Å². The van der Waals surface area contributed by atoms with Crippen LogP contribution >= 0.6 is 35.0 Å². The summed E-state index contributed by atoms with van der Waals surface area (Å²) in [7, 11) is 0. The predicted molar refractivity (Wildman–Crippen MR) is 131 cm³/mol. The molecular formula is C24H16Cl2N2O4S. The van der Waals surface area contributed by atoms with E-state index in [-0.39, 0.29) is 18.1 Å². The number of benzene rings is 3. The third kappa shape index (κ3) is 5.96. The number of carboxylic acid groups (broad SMARTS) is 1. The number of ether oxygens (including phenoxy) is 1. The minimum atomic E-state index is -0.979. The number of carboxylic acids is 1. The molecule has 1 heterocycles. The van der Waals surface area contributed by atoms with Gasteiger partial charge in [0.1, 0.15) is 12.4 Å². The number of amidine groups is 1. The summed E-state index contributed by atoms with van der Waals surface area (Å²) in [6, 6.07) is 18.6. The molecule has 1 fully saturated rings. The molecule has 0 aromatic heterocycles. The third-order valence-corrected chi connectivity index (χ3v) is 6.01. The molecule has 4 rings (SSSR count). The lowest BCUT2D eigenvalue weighted by molar-refractivity contribution is -0.115. The number of carbonyl (C=O) groups is 2. The monoisotopic (exact) mass is 498 g/mol. The van der Waals surface area contributed by atoms with E-state index in [0.717, 1.165) is 11.1 Å². The van der Waals surface area contributed by atoms with Crippen molar-refractivity contribution in [1.82, 2.24) is 5.32 Å². The molecule has 0 atom stereocenters. The fraction of sp³-hybridized carbons (Fsp3) is 0.0417. The van der Waals surface area contributed by atoms with E-state index >= 15 is 0 Å². The van der Waals surface area contributed by atoms with Gasteiger partial charge >= 0.3 is 5.97 Å². The number of thioether (sulfide) groups is 1. The van der Waals surface area contributed by atoms with E-state index in [1.54, 1.807) is 60.7 Å². The molecule has 1 aliphatic rings. The van der Waals surface area contributed by atoms with Gasteiger partial charge in [-0.2, -0.15) is 0 Å². The largest absolute Gasteiger partial charge is 0.487 e. The molecule has 9 heteroatoms. The zero-order valence-electron chi connectivity index (χ0n) is 16.9. The number of carbonyl (C=O) groups excluding carboxylic acids is 1. The second-order valence-electron chi connectivity index (χ2n) is 6.94. The first-order chi connectivity index (χ1) is 15.9. The standard InChI is InChI=1S/C24H16Cl2N2O4S/c25-17-6-8-18(9-7-17)27-24-28-22(29)21(33-24)12-15-3-10-20(19(26)11-15)32-13-14-1-4-16(5-2-14)23(30)31/h1-12H,13H2,(H,30,31)(H,27,28,29)/b21-12-. The zero-order valence-corrected chi connectivity index (χ0v) is 19.2. The lowest BCUT2D eigenvalue weighted by Crippen LogP contribution is -2.19. The van der Waals surface area contributed by atoms with Crippen molar-refractivity contribution in [3.63, 3.8) is 0 Å². The topological polar surface area (TPSA) is 88.0 Å². The Hall–Kier alpha value is -3.26. The molecule has 0 unspecified atom stereocenters. The summed E-state index contributed by atoms with van der Waals surface area (Å²) in [5.74, 6) is -0.740. The molecule has 0 aliphatic carbocycles. The second-order valence-corrected chi connectivity index (χ2v) is 8.81. The molecule has 6 nitrogen and oxygen atoms in total. The summed E-state index contributed by atoms with van der Waals surface area (Å²) in [6.07, 6.45) is 1.73. The number of hydrogen-bond acceptors (Lipinski definition) is 5. The molecule has 166 valence electrons. The van der Waals surface area contributed by atoms with Crippen molar-refractivity contribution in [2.75, 3.05) is 0 Å². The van der Waals surface area contributed by atoms with Crippen LogP contribution in [0.3, 0.4) is 0 Å². The first kappa shape index (κ1) is 22.9. The normalized spacial score (nSPS) is 15.6. The maximum absolute atomic E-state index is 12.3. The molecule has 3 aromatic rings. The van der Waals surface area contributed by atoms with Gasteiger partial charge in [-0.3, -0.25) is 4.79 Å². The van der Waals surface area contributed by atoms with Crippen LogP contribution in [-0.2, 0) is 11.4 Å². The van der Waals surface area contributed by atoms with Crippen molar-refractivity contribution in [3.05, 3.63) is 98.4 Å². The molecule has 3 aromatic carbocycles. The number of amides is 1. The molecule has 0 bridgehead atoms. The summed E-state index contributed by atoms with van der Waals surface area (Å²) in [6.45, 7) is 0.239. The fourth-order valence-electron chi connectivity index (χ4n) is 2.89. The van der Waals surface area contributed by atoms with Gasteiger partial charge in [-0.1, -0.05) is 41.4 Å². The van der Waals surface area contributed by atoms with Gasteiger partial charge in [0.25, 0.3) is 5.91 Å². The van der Waals surface area contributed by atoms with Crippen molar-refractivity contribution < 1.29 is 19.4 Å². The maximum Gasteiger partial charge on any atom is 0.335 e. The molecular weight excluding hydrogens is 483 g/mol. The van der Waals surface area contributed by atoms with Crippen LogP contribution in [0, 0.1) is 0 Å². The average Bonchev–Trinajstić information content (AvgIpc) is 3.13. The molecule has 0 saturated carbocycles. The van der Waals surface area contributed by atoms with E-state index in [0.29, 0.717) is 31.6 Å². The SMILES string of the molecule is O=C1NC(=Nc2ccc(Cl)cc2)S/C1=C\c1ccc(OCc2ccc(C(=O)O)cc2)c(Cl)c1. The van der Waals surface area contributed by atoms with Crippen LogP contribution in [0.5, 0.6) is 5.75 Å². The number of aromatic carboxylic acids is 1. The Bertz CT molecular complexity index is 1270. The average molecular weight is 499 g/mol. The number of aliphatic imine (C=N–C) groups is 1. The maximum atomic E-state index is 12.3. The summed E-state index contributed by atoms with van der Waals surface area (Å²) >= 11 is 13.5. The fourth-order valence-corrected chi connectivity index (χ4v) is 4.10. The van der Waals surface area contributed by atoms with Crippen LogP contribution in [-0.4, -0.2) is 22.2 Å². The van der Waals surface area contributed by atoms with Gasteiger partial charge in [-0.25, -0.2) is 9.79 Å². The highest BCUT2D eigenvalue weighted by molar-refractivity contribution is 8.18. The highest BCUT2D eigenvalue weighted by Gasteiger charge is 2.24. The lowest BCUT2D eigenvalue weighted by Gasteiger charge is -2.09. The number of halogens is 2. The lowest BCUT2D eigenvalue weighted by atomic mass is 10.1. The van der Waals surface area contributed by atoms with Gasteiger partial charge < -0.3 is 15.2 Å². The van der Waals surface area contributed by atoms with Crippen LogP contribution in [0.15, 0.2) is 76.6 Å². The summed E-state index contributed by atoms with van der Waals surface area (Å²) in [5, 5.41) is 13.2. The van der Waals surface area contributed by atoms with Gasteiger partial charge in [0.15, 0.2) is 5.17 Å². The van der Waals surface area contributed by atoms with Crippen LogP contribution in [0.1, 0.15) is 21.5 Å². The molecule has 33 heavy (non-hydrogen) atoms. The zero-order chi connectivity index (χ0) is 23.4. The quantitative estimate of drug-likeness (QED) is 0.397. The van der Waals surface area contributed by atoms with E-state index in [9.17, 15) is 9.59 Å². The van der Waals surface area contributed by atoms with Crippen molar-refractivity contribution >= 4 is 63.8 Å². The van der Waals surface area contributed by atoms with E-state index in [4.69, 9.17) is 33.0 Å². The Morgan fingerprint density at radius 2 is 1.79 bits per heavy atom. The number of nitrogens with one attached hydrogen (secondary N) is 1. The first-order valence-corrected chi connectivity index (χ1v) is 11.2. The number of nitrogens with zero attached hydrogens (tertiary/aromatic N) is 1. The summed E-state index contributed by atoms with van der Waals surface area (Å²) in [5.41, 5.74) is 2.45. The molecule has 0 radical (unpaired) electrons. The van der Waals surface area contributed by atoms with Gasteiger partial charge in [0.2, 0.25) is 0 Å². The highest BCUT2D eigenvalue weighted by atomic mass is 35.5. The van der Waals surface area contributed by atoms with Crippen molar-refractivity contribution in [2.45, 2.75) is 6.61 Å². The Morgan fingerprint density at radius 1 is 1.06 bits per heavy atom. The number of hydrogen-bond donors (Lipinski definition) is 2. The number of rotatable bonds is 6. The minimum Gasteiger partial charge on any atom is -0.487 e. The van der Waals surface area contributed by atoms with Gasteiger partial charge in [0.05, 0.1) is 21.2 Å². The van der Waals surface area contributed by atoms with Crippen LogP contribution in [0.25, 0.3) is 6.08 Å². The predicted octanol–water partition coefficient (Wildman–Crippen LogP) is 6.16. The van der Waals surface area contributed by atoms with Crippen LogP contribution in [0.2, 0.25) is 10.0 Å². The third-order valence-electron chi connectivity index (χ3n) is 4.56. The molecule has 2 N–H and O–H groups in total. The van der Waals surface area contributed by atoms with Crippen LogP contribution in [0.4, 0.5) is 5.69 Å². The first-order valence-electron chi connectivity index (χ1n) is 9.67. The van der Waals surface area contributed by atoms with Gasteiger partial charge in [-0.15, -0.1) is 0 Å². The molecule has 1 aliphatic heterocycles. The van der Waals surface area contributed by atoms with Crippen molar-refractivity contribution in [1.29, 1.82) is 0 Å². The molecule has 0 spiro atoms. The summed E-state index contributed by atoms with van der Waals surface area (Å²) < 4.78 is 5.75. The van der Waals surface area contributed by atoms with Crippen LogP contribution < -0.4 is 10.1 Å². The van der Waals surface area contributed by atoms with Crippen molar-refractivity contribution in [3.8, 4) is 5.75 Å². The van der Waals surface area contributed by atoms with Gasteiger partial charge in [0, 0.05) is 5.02 Å². The minimum absolute atomic E-state index is 0.212.